The zero-order chi connectivity index (χ0) is 6.20. The monoisotopic (exact) mass is 113 g/mol. The second-order valence-corrected chi connectivity index (χ2v) is 3.24. The number of rotatable bonds is 1. The normalized spacial score (nSPS) is 21.4. The average molecular weight is 113 g/mol. The van der Waals surface area contributed by atoms with Gasteiger partial charge in [-0.3, -0.25) is 0 Å². The second kappa shape index (κ2) is 1.73. The molecule has 1 aliphatic rings. The molecule has 1 saturated carbocycles. The Kier molecular flexibility index (Phi) is 1.31. The third kappa shape index (κ3) is 2.31. The quantitative estimate of drug-likeness (QED) is 0.503. The summed E-state index contributed by atoms with van der Waals surface area (Å²) in [5, 5.41) is 0. The van der Waals surface area contributed by atoms with Crippen molar-refractivity contribution in [2.24, 2.45) is 0 Å². The van der Waals surface area contributed by atoms with Gasteiger partial charge in [0.25, 0.3) is 0 Å². The van der Waals surface area contributed by atoms with Crippen molar-refractivity contribution >= 4 is 0 Å². The van der Waals surface area contributed by atoms with Gasteiger partial charge in [0, 0.05) is 0 Å². The van der Waals surface area contributed by atoms with Gasteiger partial charge >= 0.3 is 0 Å². The molecule has 1 aliphatic carbocycles. The highest BCUT2D eigenvalue weighted by molar-refractivity contribution is 4.97. The van der Waals surface area contributed by atoms with Crippen molar-refractivity contribution in [3.8, 4) is 0 Å². The lowest BCUT2D eigenvalue weighted by Gasteiger charge is -2.18. The molecule has 0 aromatic heterocycles. The number of ether oxygens (including phenoxy) is 1. The molecular formula is C7H13O. The van der Waals surface area contributed by atoms with Gasteiger partial charge < -0.3 is 4.74 Å². The molecular weight excluding hydrogens is 100 g/mol. The summed E-state index contributed by atoms with van der Waals surface area (Å²) >= 11 is 0. The molecule has 1 nitrogen and oxygen atoms in total. The smallest absolute Gasteiger partial charge is 0.0618 e. The molecule has 1 radical (unpaired) electrons. The van der Waals surface area contributed by atoms with E-state index in [1.165, 1.54) is 0 Å². The van der Waals surface area contributed by atoms with Gasteiger partial charge in [-0.2, -0.15) is 0 Å². The van der Waals surface area contributed by atoms with Crippen molar-refractivity contribution in [1.82, 2.24) is 0 Å². The first-order valence-electron chi connectivity index (χ1n) is 3.09. The van der Waals surface area contributed by atoms with Gasteiger partial charge in [-0.1, -0.05) is 0 Å². The van der Waals surface area contributed by atoms with E-state index in [1.54, 1.807) is 0 Å². The maximum atomic E-state index is 5.49. The van der Waals surface area contributed by atoms with Gasteiger partial charge in [0.2, 0.25) is 0 Å². The Bertz CT molecular complexity index is 76.9. The van der Waals surface area contributed by atoms with Gasteiger partial charge in [-0.05, 0) is 33.6 Å². The Morgan fingerprint density at radius 3 is 2.12 bits per heavy atom. The molecule has 0 amide bonds. The third-order valence-electron chi connectivity index (χ3n) is 0.933. The van der Waals surface area contributed by atoms with Gasteiger partial charge in [-0.15, -0.1) is 0 Å². The van der Waals surface area contributed by atoms with E-state index in [-0.39, 0.29) is 5.60 Å². The van der Waals surface area contributed by atoms with E-state index >= 15 is 0 Å². The lowest BCUT2D eigenvalue weighted by atomic mass is 10.2. The fourth-order valence-corrected chi connectivity index (χ4v) is 0.606. The average Bonchev–Trinajstić information content (AvgIpc) is 2.12. The summed E-state index contributed by atoms with van der Waals surface area (Å²) in [5.41, 5.74) is 0.0532. The Hall–Kier alpha value is -0.0400. The zero-order valence-corrected chi connectivity index (χ0v) is 5.77. The Morgan fingerprint density at radius 1 is 1.50 bits per heavy atom. The highest BCUT2D eigenvalue weighted by atomic mass is 16.5. The van der Waals surface area contributed by atoms with Crippen LogP contribution in [0.1, 0.15) is 27.2 Å². The van der Waals surface area contributed by atoms with Crippen LogP contribution < -0.4 is 0 Å². The maximum absolute atomic E-state index is 5.49. The molecule has 0 unspecified atom stereocenters. The molecule has 0 aromatic rings. The van der Waals surface area contributed by atoms with E-state index in [4.69, 9.17) is 4.74 Å². The van der Waals surface area contributed by atoms with Crippen LogP contribution in [0.3, 0.4) is 0 Å². The molecule has 0 saturated heterocycles. The molecule has 0 aliphatic heterocycles. The molecule has 1 atom stereocenters. The molecule has 47 valence electrons. The van der Waals surface area contributed by atoms with Crippen LogP contribution in [0.2, 0.25) is 0 Å². The summed E-state index contributed by atoms with van der Waals surface area (Å²) < 4.78 is 5.49. The van der Waals surface area contributed by atoms with Crippen LogP contribution in [-0.4, -0.2) is 11.7 Å². The summed E-state index contributed by atoms with van der Waals surface area (Å²) in [6.45, 7) is 6.25. The molecule has 8 heavy (non-hydrogen) atoms. The lowest BCUT2D eigenvalue weighted by Crippen LogP contribution is -2.20. The first-order chi connectivity index (χ1) is 3.58. The molecule has 1 rings (SSSR count). The van der Waals surface area contributed by atoms with Crippen LogP contribution in [0.25, 0.3) is 0 Å². The molecule has 0 N–H and O–H groups in total. The minimum absolute atomic E-state index is 0.0532. The van der Waals surface area contributed by atoms with E-state index in [0.717, 1.165) is 6.42 Å². The standard InChI is InChI=1S/C7H13O/c1-7(2,3)8-6-4-5-6/h4,6H,5H2,1-3H3/t6-/m0/s1. The molecule has 0 aromatic carbocycles. The topological polar surface area (TPSA) is 9.23 Å². The first kappa shape index (κ1) is 6.09. The van der Waals surface area contributed by atoms with Crippen molar-refractivity contribution in [3.05, 3.63) is 6.42 Å². The van der Waals surface area contributed by atoms with Crippen molar-refractivity contribution in [1.29, 1.82) is 0 Å². The lowest BCUT2D eigenvalue weighted by molar-refractivity contribution is -0.0101. The van der Waals surface area contributed by atoms with Gasteiger partial charge in [0.15, 0.2) is 0 Å². The fourth-order valence-electron chi connectivity index (χ4n) is 0.606. The van der Waals surface area contributed by atoms with E-state index in [0.29, 0.717) is 6.10 Å². The van der Waals surface area contributed by atoms with E-state index in [9.17, 15) is 0 Å². The van der Waals surface area contributed by atoms with E-state index in [2.05, 4.69) is 27.2 Å². The van der Waals surface area contributed by atoms with Crippen LogP contribution in [-0.2, 0) is 4.74 Å². The largest absolute Gasteiger partial charge is 0.372 e. The fraction of sp³-hybridized carbons (Fsp3) is 0.857. The van der Waals surface area contributed by atoms with Crippen LogP contribution in [0.15, 0.2) is 0 Å². The summed E-state index contributed by atoms with van der Waals surface area (Å²) in [5.74, 6) is 0. The van der Waals surface area contributed by atoms with Crippen molar-refractivity contribution in [2.75, 3.05) is 0 Å². The van der Waals surface area contributed by atoms with Crippen molar-refractivity contribution in [2.45, 2.75) is 38.9 Å². The van der Waals surface area contributed by atoms with Crippen LogP contribution in [0, 0.1) is 6.42 Å². The second-order valence-electron chi connectivity index (χ2n) is 3.24. The molecule has 0 spiro atoms. The molecule has 1 fully saturated rings. The summed E-state index contributed by atoms with van der Waals surface area (Å²) in [4.78, 5) is 0. The first-order valence-corrected chi connectivity index (χ1v) is 3.09. The highest BCUT2D eigenvalue weighted by Crippen LogP contribution is 2.27. The molecule has 0 heterocycles. The number of hydrogen-bond donors (Lipinski definition) is 0. The van der Waals surface area contributed by atoms with Gasteiger partial charge in [0.1, 0.15) is 0 Å². The highest BCUT2D eigenvalue weighted by Gasteiger charge is 2.27. The predicted molar refractivity (Wildman–Crippen MR) is 33.5 cm³/mol. The maximum Gasteiger partial charge on any atom is 0.0618 e. The van der Waals surface area contributed by atoms with E-state index < -0.39 is 0 Å². The molecule has 0 bridgehead atoms. The summed E-state index contributed by atoms with van der Waals surface area (Å²) in [6.07, 6.45) is 3.79. The van der Waals surface area contributed by atoms with Gasteiger partial charge in [-0.25, -0.2) is 0 Å². The minimum atomic E-state index is 0.0532. The van der Waals surface area contributed by atoms with Crippen molar-refractivity contribution < 1.29 is 4.74 Å². The van der Waals surface area contributed by atoms with Crippen molar-refractivity contribution in [3.63, 3.8) is 0 Å². The van der Waals surface area contributed by atoms with Crippen LogP contribution in [0.4, 0.5) is 0 Å². The van der Waals surface area contributed by atoms with E-state index in [1.807, 2.05) is 0 Å². The van der Waals surface area contributed by atoms with Crippen LogP contribution in [0.5, 0.6) is 0 Å². The Morgan fingerprint density at radius 2 is 2.00 bits per heavy atom. The van der Waals surface area contributed by atoms with Crippen LogP contribution >= 0.6 is 0 Å². The SMILES string of the molecule is CC(C)(C)O[C@H]1[CH]C1. The van der Waals surface area contributed by atoms with Gasteiger partial charge in [0.05, 0.1) is 11.7 Å². The Balaban J connectivity index is 2.16. The number of hydrogen-bond acceptors (Lipinski definition) is 1. The predicted octanol–water partition coefficient (Wildman–Crippen LogP) is 1.78. The third-order valence-corrected chi connectivity index (χ3v) is 0.933. The zero-order valence-electron chi connectivity index (χ0n) is 5.77. The minimum Gasteiger partial charge on any atom is -0.372 e. The summed E-state index contributed by atoms with van der Waals surface area (Å²) in [7, 11) is 0. The summed E-state index contributed by atoms with van der Waals surface area (Å²) in [6, 6.07) is 0. The Labute approximate surface area is 51.0 Å². The molecule has 1 heteroatoms.